The number of hydrogen-bond acceptors (Lipinski definition) is 4. The van der Waals surface area contributed by atoms with E-state index >= 15 is 0 Å². The molecule has 2 heterocycles. The fraction of sp³-hybridized carbons (Fsp3) is 0.417. The van der Waals surface area contributed by atoms with Gasteiger partial charge in [0.05, 0.1) is 26.1 Å². The third-order valence-corrected chi connectivity index (χ3v) is 6.88. The van der Waals surface area contributed by atoms with E-state index in [9.17, 15) is 5.11 Å². The van der Waals surface area contributed by atoms with Crippen LogP contribution in [0.25, 0.3) is 0 Å². The van der Waals surface area contributed by atoms with Gasteiger partial charge in [-0.05, 0) is 52.8 Å². The van der Waals surface area contributed by atoms with Gasteiger partial charge in [0.25, 0.3) is 0 Å². The Hall–Kier alpha value is -2.62. The zero-order valence-corrected chi connectivity index (χ0v) is 16.6. The van der Waals surface area contributed by atoms with Gasteiger partial charge in [-0.3, -0.25) is 0 Å². The summed E-state index contributed by atoms with van der Waals surface area (Å²) >= 11 is 0. The summed E-state index contributed by atoms with van der Waals surface area (Å²) in [6.07, 6.45) is 0.976. The second-order valence-corrected chi connectivity index (χ2v) is 8.31. The lowest BCUT2D eigenvalue weighted by Crippen LogP contribution is -2.31. The van der Waals surface area contributed by atoms with Crippen molar-refractivity contribution in [2.75, 3.05) is 20.3 Å². The summed E-state index contributed by atoms with van der Waals surface area (Å²) in [6.45, 7) is 9.93. The van der Waals surface area contributed by atoms with E-state index in [0.717, 1.165) is 35.7 Å². The molecule has 4 nitrogen and oxygen atoms in total. The Labute approximate surface area is 165 Å². The predicted molar refractivity (Wildman–Crippen MR) is 107 cm³/mol. The van der Waals surface area contributed by atoms with Crippen LogP contribution in [0.1, 0.15) is 46.6 Å². The van der Waals surface area contributed by atoms with Crippen molar-refractivity contribution < 1.29 is 19.3 Å². The van der Waals surface area contributed by atoms with E-state index in [1.165, 1.54) is 16.7 Å². The highest BCUT2D eigenvalue weighted by molar-refractivity contribution is 5.56. The van der Waals surface area contributed by atoms with Gasteiger partial charge in [0.1, 0.15) is 5.75 Å². The Kier molecular flexibility index (Phi) is 3.87. The van der Waals surface area contributed by atoms with Crippen LogP contribution in [0, 0.1) is 18.8 Å². The van der Waals surface area contributed by atoms with E-state index in [4.69, 9.17) is 14.2 Å². The van der Waals surface area contributed by atoms with Gasteiger partial charge in [0.2, 0.25) is 0 Å². The number of methoxy groups -OCH3 is 1. The molecule has 3 aliphatic rings. The molecule has 2 aromatic rings. The lowest BCUT2D eigenvalue weighted by molar-refractivity contribution is 0.231. The van der Waals surface area contributed by atoms with Crippen LogP contribution < -0.4 is 9.47 Å². The number of ether oxygens (including phenoxy) is 3. The summed E-state index contributed by atoms with van der Waals surface area (Å²) in [7, 11) is 1.59. The van der Waals surface area contributed by atoms with Crippen molar-refractivity contribution in [1.82, 2.24) is 0 Å². The van der Waals surface area contributed by atoms with E-state index in [-0.39, 0.29) is 17.6 Å². The van der Waals surface area contributed by atoms with Gasteiger partial charge in [-0.1, -0.05) is 25.6 Å². The summed E-state index contributed by atoms with van der Waals surface area (Å²) in [5, 5.41) is 10.3. The van der Waals surface area contributed by atoms with Crippen molar-refractivity contribution in [3.8, 4) is 17.2 Å². The minimum absolute atomic E-state index is 0.105. The number of rotatable bonds is 2. The molecule has 1 fully saturated rings. The number of phenolic OH excluding ortho intramolecular Hbond substituents is 1. The largest absolute Gasteiger partial charge is 0.504 e. The topological polar surface area (TPSA) is 47.9 Å². The van der Waals surface area contributed by atoms with E-state index in [2.05, 4.69) is 31.7 Å². The van der Waals surface area contributed by atoms with Gasteiger partial charge in [0, 0.05) is 24.2 Å². The second kappa shape index (κ2) is 6.20. The van der Waals surface area contributed by atoms with E-state index in [1.54, 1.807) is 7.11 Å². The Morgan fingerprint density at radius 1 is 1.14 bits per heavy atom. The second-order valence-electron chi connectivity index (χ2n) is 8.31. The van der Waals surface area contributed by atoms with Crippen molar-refractivity contribution in [2.45, 2.75) is 32.1 Å². The molecule has 2 aliphatic heterocycles. The summed E-state index contributed by atoms with van der Waals surface area (Å²) < 4.78 is 17.3. The zero-order chi connectivity index (χ0) is 19.6. The SMILES string of the molecule is C=C1OC[C@H]2[C@H]1[C@H](c1cc(C)c(O)c(OC)c1)c1cc3c(cc1[C@H]2C)CCO3. The number of aryl methyl sites for hydroxylation is 1. The van der Waals surface area contributed by atoms with Gasteiger partial charge in [-0.2, -0.15) is 0 Å². The van der Waals surface area contributed by atoms with Crippen LogP contribution in [0.5, 0.6) is 17.2 Å². The Bertz CT molecular complexity index is 977. The summed E-state index contributed by atoms with van der Waals surface area (Å²) in [5.41, 5.74) is 5.92. The van der Waals surface area contributed by atoms with Gasteiger partial charge in [0.15, 0.2) is 11.5 Å². The Morgan fingerprint density at radius 2 is 1.96 bits per heavy atom. The highest BCUT2D eigenvalue weighted by Crippen LogP contribution is 2.56. The molecule has 1 N–H and O–H groups in total. The van der Waals surface area contributed by atoms with Crippen molar-refractivity contribution in [1.29, 1.82) is 0 Å². The fourth-order valence-corrected chi connectivity index (χ4v) is 5.37. The van der Waals surface area contributed by atoms with E-state index in [0.29, 0.717) is 24.2 Å². The van der Waals surface area contributed by atoms with Crippen LogP contribution in [0.3, 0.4) is 0 Å². The molecule has 0 amide bonds. The maximum atomic E-state index is 10.3. The van der Waals surface area contributed by atoms with Gasteiger partial charge >= 0.3 is 0 Å². The molecule has 2 aromatic carbocycles. The number of benzene rings is 2. The number of phenols is 1. The van der Waals surface area contributed by atoms with E-state index < -0.39 is 0 Å². The van der Waals surface area contributed by atoms with Crippen molar-refractivity contribution in [3.05, 3.63) is 64.4 Å². The first-order valence-electron chi connectivity index (χ1n) is 9.98. The third kappa shape index (κ3) is 2.36. The summed E-state index contributed by atoms with van der Waals surface area (Å²) in [5.74, 6) is 3.68. The lowest BCUT2D eigenvalue weighted by Gasteiger charge is -2.39. The van der Waals surface area contributed by atoms with Crippen LogP contribution in [0.15, 0.2) is 36.6 Å². The molecule has 5 rings (SSSR count). The fourth-order valence-electron chi connectivity index (χ4n) is 5.37. The van der Waals surface area contributed by atoms with Crippen LogP contribution in [-0.4, -0.2) is 25.4 Å². The quantitative estimate of drug-likeness (QED) is 0.825. The van der Waals surface area contributed by atoms with Crippen molar-refractivity contribution in [2.24, 2.45) is 11.8 Å². The number of hydrogen-bond donors (Lipinski definition) is 1. The molecule has 4 atom stereocenters. The first-order valence-corrected chi connectivity index (χ1v) is 9.98. The highest BCUT2D eigenvalue weighted by Gasteiger charge is 2.48. The molecule has 0 bridgehead atoms. The van der Waals surface area contributed by atoms with Crippen molar-refractivity contribution in [3.63, 3.8) is 0 Å². The Morgan fingerprint density at radius 3 is 2.75 bits per heavy atom. The maximum absolute atomic E-state index is 10.3. The maximum Gasteiger partial charge on any atom is 0.161 e. The predicted octanol–water partition coefficient (Wildman–Crippen LogP) is 4.67. The monoisotopic (exact) mass is 378 g/mol. The standard InChI is InChI=1S/C24H26O4/c1-12-7-16(9-21(26-4)24(12)25)23-18-10-20-15(5-6-27-20)8-17(18)13(2)19-11-28-14(3)22(19)23/h7-10,13,19,22-23,25H,3,5-6,11H2,1-2,4H3/t13-,19-,22+,23-/m1/s1. The van der Waals surface area contributed by atoms with Gasteiger partial charge in [-0.15, -0.1) is 0 Å². The van der Waals surface area contributed by atoms with Crippen LogP contribution in [-0.2, 0) is 11.2 Å². The molecular weight excluding hydrogens is 352 g/mol. The molecule has 1 saturated heterocycles. The molecule has 146 valence electrons. The summed E-state index contributed by atoms with van der Waals surface area (Å²) in [6, 6.07) is 8.61. The van der Waals surface area contributed by atoms with Gasteiger partial charge in [-0.25, -0.2) is 0 Å². The molecular formula is C24H26O4. The minimum Gasteiger partial charge on any atom is -0.504 e. The Balaban J connectivity index is 1.75. The number of fused-ring (bicyclic) bond motifs is 3. The molecule has 0 unspecified atom stereocenters. The average molecular weight is 378 g/mol. The third-order valence-electron chi connectivity index (χ3n) is 6.88. The molecule has 0 radical (unpaired) electrons. The average Bonchev–Trinajstić information content (AvgIpc) is 3.30. The molecule has 0 saturated carbocycles. The highest BCUT2D eigenvalue weighted by atomic mass is 16.5. The number of aromatic hydroxyl groups is 1. The van der Waals surface area contributed by atoms with Gasteiger partial charge < -0.3 is 19.3 Å². The summed E-state index contributed by atoms with van der Waals surface area (Å²) in [4.78, 5) is 0. The van der Waals surface area contributed by atoms with Crippen LogP contribution >= 0.6 is 0 Å². The molecule has 4 heteroatoms. The lowest BCUT2D eigenvalue weighted by atomic mass is 9.62. The molecule has 0 aromatic heterocycles. The smallest absolute Gasteiger partial charge is 0.161 e. The van der Waals surface area contributed by atoms with E-state index in [1.807, 2.05) is 13.0 Å². The van der Waals surface area contributed by atoms with Crippen LogP contribution in [0.2, 0.25) is 0 Å². The molecule has 0 spiro atoms. The normalized spacial score (nSPS) is 27.5. The van der Waals surface area contributed by atoms with Crippen molar-refractivity contribution >= 4 is 0 Å². The zero-order valence-electron chi connectivity index (χ0n) is 16.6. The molecule has 1 aliphatic carbocycles. The first kappa shape index (κ1) is 17.5. The number of allylic oxidation sites excluding steroid dienone is 1. The van der Waals surface area contributed by atoms with Crippen LogP contribution in [0.4, 0.5) is 0 Å². The minimum atomic E-state index is 0.105. The first-order chi connectivity index (χ1) is 13.5. The molecule has 28 heavy (non-hydrogen) atoms.